The quantitative estimate of drug-likeness (QED) is 0.907. The number of nitrogens with zero attached hydrogens (tertiary/aromatic N) is 2. The first kappa shape index (κ1) is 13.9. The number of urea groups is 1. The summed E-state index contributed by atoms with van der Waals surface area (Å²) in [6, 6.07) is 8.08. The van der Waals surface area contributed by atoms with E-state index in [-0.39, 0.29) is 6.03 Å². The minimum atomic E-state index is 0.0139. The fourth-order valence-electron chi connectivity index (χ4n) is 2.29. The lowest BCUT2D eigenvalue weighted by atomic mass is 10.1. The highest BCUT2D eigenvalue weighted by Crippen LogP contribution is 2.11. The van der Waals surface area contributed by atoms with Gasteiger partial charge in [0.25, 0.3) is 0 Å². The molecule has 0 unspecified atom stereocenters. The van der Waals surface area contributed by atoms with Crippen LogP contribution in [-0.4, -0.2) is 48.6 Å². The largest absolute Gasteiger partial charge is 0.322 e. The standard InChI is InChI=1S/C15H23N3O/c1-3-13-5-7-14(8-6-13)16-15(19)18-11-9-17(4-2)10-12-18/h5-8H,3-4,9-12H2,1-2H3,(H,16,19). The third kappa shape index (κ3) is 3.70. The van der Waals surface area contributed by atoms with Crippen LogP contribution in [0.1, 0.15) is 19.4 Å². The second kappa shape index (κ2) is 6.57. The van der Waals surface area contributed by atoms with Crippen LogP contribution in [0.2, 0.25) is 0 Å². The molecule has 0 atom stereocenters. The summed E-state index contributed by atoms with van der Waals surface area (Å²) in [4.78, 5) is 16.4. The fraction of sp³-hybridized carbons (Fsp3) is 0.533. The maximum atomic E-state index is 12.1. The third-order valence-electron chi connectivity index (χ3n) is 3.72. The van der Waals surface area contributed by atoms with E-state index >= 15 is 0 Å². The normalized spacial score (nSPS) is 16.4. The van der Waals surface area contributed by atoms with Gasteiger partial charge in [-0.2, -0.15) is 0 Å². The van der Waals surface area contributed by atoms with E-state index in [4.69, 9.17) is 0 Å². The summed E-state index contributed by atoms with van der Waals surface area (Å²) >= 11 is 0. The molecule has 4 nitrogen and oxygen atoms in total. The van der Waals surface area contributed by atoms with Crippen molar-refractivity contribution in [3.63, 3.8) is 0 Å². The summed E-state index contributed by atoms with van der Waals surface area (Å²) < 4.78 is 0. The van der Waals surface area contributed by atoms with Gasteiger partial charge in [0.05, 0.1) is 0 Å². The number of carbonyl (C=O) groups excluding carboxylic acids is 1. The van der Waals surface area contributed by atoms with Crippen LogP contribution in [0.25, 0.3) is 0 Å². The highest BCUT2D eigenvalue weighted by molar-refractivity contribution is 5.89. The second-order valence-corrected chi connectivity index (χ2v) is 4.90. The summed E-state index contributed by atoms with van der Waals surface area (Å²) in [6.45, 7) is 8.91. The molecule has 1 saturated heterocycles. The van der Waals surface area contributed by atoms with Crippen LogP contribution in [-0.2, 0) is 6.42 Å². The molecular formula is C15H23N3O. The van der Waals surface area contributed by atoms with Crippen LogP contribution in [0.4, 0.5) is 10.5 Å². The Bertz CT molecular complexity index is 408. The first-order chi connectivity index (χ1) is 9.22. The molecule has 2 rings (SSSR count). The Hall–Kier alpha value is -1.55. The Labute approximate surface area is 115 Å². The monoisotopic (exact) mass is 261 g/mol. The maximum absolute atomic E-state index is 12.1. The lowest BCUT2D eigenvalue weighted by Crippen LogP contribution is -2.49. The minimum absolute atomic E-state index is 0.0139. The molecule has 1 aliphatic heterocycles. The molecule has 0 bridgehead atoms. The molecule has 1 aliphatic rings. The molecule has 19 heavy (non-hydrogen) atoms. The fourth-order valence-corrected chi connectivity index (χ4v) is 2.29. The van der Waals surface area contributed by atoms with Crippen molar-refractivity contribution >= 4 is 11.7 Å². The van der Waals surface area contributed by atoms with Gasteiger partial charge in [0.2, 0.25) is 0 Å². The zero-order chi connectivity index (χ0) is 13.7. The average molecular weight is 261 g/mol. The number of anilines is 1. The van der Waals surface area contributed by atoms with Crippen LogP contribution >= 0.6 is 0 Å². The molecule has 0 radical (unpaired) electrons. The number of amides is 2. The van der Waals surface area contributed by atoms with Gasteiger partial charge in [0.15, 0.2) is 0 Å². The first-order valence-corrected chi connectivity index (χ1v) is 7.10. The number of piperazine rings is 1. The molecule has 1 aromatic carbocycles. The van der Waals surface area contributed by atoms with Crippen molar-refractivity contribution in [2.75, 3.05) is 38.0 Å². The molecule has 0 aliphatic carbocycles. The van der Waals surface area contributed by atoms with Crippen molar-refractivity contribution in [2.24, 2.45) is 0 Å². The number of benzene rings is 1. The first-order valence-electron chi connectivity index (χ1n) is 7.10. The van der Waals surface area contributed by atoms with Crippen LogP contribution in [0.15, 0.2) is 24.3 Å². The number of carbonyl (C=O) groups is 1. The van der Waals surface area contributed by atoms with Crippen molar-refractivity contribution in [3.05, 3.63) is 29.8 Å². The lowest BCUT2D eigenvalue weighted by molar-refractivity contribution is 0.151. The predicted molar refractivity (Wildman–Crippen MR) is 78.5 cm³/mol. The van der Waals surface area contributed by atoms with Gasteiger partial charge < -0.3 is 15.1 Å². The molecule has 1 heterocycles. The Morgan fingerprint density at radius 2 is 1.74 bits per heavy atom. The second-order valence-electron chi connectivity index (χ2n) is 4.90. The van der Waals surface area contributed by atoms with Gasteiger partial charge in [-0.05, 0) is 30.7 Å². The van der Waals surface area contributed by atoms with E-state index in [2.05, 4.69) is 36.2 Å². The molecular weight excluding hydrogens is 238 g/mol. The van der Waals surface area contributed by atoms with Gasteiger partial charge in [-0.15, -0.1) is 0 Å². The van der Waals surface area contributed by atoms with Crippen molar-refractivity contribution in [3.8, 4) is 0 Å². The smallest absolute Gasteiger partial charge is 0.321 e. The van der Waals surface area contributed by atoms with E-state index in [0.717, 1.165) is 44.8 Å². The van der Waals surface area contributed by atoms with E-state index in [9.17, 15) is 4.79 Å². The molecule has 2 amide bonds. The lowest BCUT2D eigenvalue weighted by Gasteiger charge is -2.33. The number of nitrogens with one attached hydrogen (secondary N) is 1. The van der Waals surface area contributed by atoms with Crippen molar-refractivity contribution in [2.45, 2.75) is 20.3 Å². The van der Waals surface area contributed by atoms with Crippen LogP contribution < -0.4 is 5.32 Å². The summed E-state index contributed by atoms with van der Waals surface area (Å²) in [5.41, 5.74) is 2.16. The number of hydrogen-bond acceptors (Lipinski definition) is 2. The average Bonchev–Trinajstić information content (AvgIpc) is 2.48. The van der Waals surface area contributed by atoms with E-state index in [0.29, 0.717) is 0 Å². The van der Waals surface area contributed by atoms with Gasteiger partial charge >= 0.3 is 6.03 Å². The SMILES string of the molecule is CCc1ccc(NC(=O)N2CCN(CC)CC2)cc1. The Morgan fingerprint density at radius 1 is 1.11 bits per heavy atom. The van der Waals surface area contributed by atoms with Crippen LogP contribution in [0.5, 0.6) is 0 Å². The summed E-state index contributed by atoms with van der Waals surface area (Å²) in [6.07, 6.45) is 1.02. The zero-order valence-electron chi connectivity index (χ0n) is 11.9. The molecule has 104 valence electrons. The van der Waals surface area contributed by atoms with E-state index < -0.39 is 0 Å². The van der Waals surface area contributed by atoms with Gasteiger partial charge in [0, 0.05) is 31.9 Å². The highest BCUT2D eigenvalue weighted by atomic mass is 16.2. The van der Waals surface area contributed by atoms with Gasteiger partial charge in [-0.3, -0.25) is 0 Å². The van der Waals surface area contributed by atoms with E-state index in [1.807, 2.05) is 17.0 Å². The van der Waals surface area contributed by atoms with E-state index in [1.165, 1.54) is 5.56 Å². The van der Waals surface area contributed by atoms with Gasteiger partial charge in [-0.1, -0.05) is 26.0 Å². The van der Waals surface area contributed by atoms with Crippen molar-refractivity contribution in [1.82, 2.24) is 9.80 Å². The van der Waals surface area contributed by atoms with E-state index in [1.54, 1.807) is 0 Å². The molecule has 4 heteroatoms. The molecule has 0 saturated carbocycles. The third-order valence-corrected chi connectivity index (χ3v) is 3.72. The van der Waals surface area contributed by atoms with Crippen LogP contribution in [0, 0.1) is 0 Å². The Kier molecular flexibility index (Phi) is 4.80. The summed E-state index contributed by atoms with van der Waals surface area (Å²) in [7, 11) is 0. The van der Waals surface area contributed by atoms with Crippen molar-refractivity contribution in [1.29, 1.82) is 0 Å². The number of rotatable bonds is 3. The highest BCUT2D eigenvalue weighted by Gasteiger charge is 2.19. The summed E-state index contributed by atoms with van der Waals surface area (Å²) in [5.74, 6) is 0. The molecule has 0 aromatic heterocycles. The topological polar surface area (TPSA) is 35.6 Å². The van der Waals surface area contributed by atoms with Gasteiger partial charge in [0.1, 0.15) is 0 Å². The van der Waals surface area contributed by atoms with Crippen LogP contribution in [0.3, 0.4) is 0 Å². The predicted octanol–water partition coefficient (Wildman–Crippen LogP) is 2.42. The molecule has 0 spiro atoms. The Balaban J connectivity index is 1.86. The van der Waals surface area contributed by atoms with Crippen molar-refractivity contribution < 1.29 is 4.79 Å². The van der Waals surface area contributed by atoms with Gasteiger partial charge in [-0.25, -0.2) is 4.79 Å². The molecule has 1 aromatic rings. The number of aryl methyl sites for hydroxylation is 1. The minimum Gasteiger partial charge on any atom is -0.322 e. The zero-order valence-corrected chi connectivity index (χ0v) is 11.9. The maximum Gasteiger partial charge on any atom is 0.321 e. The number of likely N-dealkylation sites (N-methyl/N-ethyl adjacent to an activating group) is 1. The Morgan fingerprint density at radius 3 is 2.26 bits per heavy atom. The summed E-state index contributed by atoms with van der Waals surface area (Å²) in [5, 5.41) is 2.96. The molecule has 1 N–H and O–H groups in total. The molecule has 1 fully saturated rings. The number of hydrogen-bond donors (Lipinski definition) is 1.